The monoisotopic (exact) mass is 331 g/mol. The normalized spacial score (nSPS) is 10.2. The van der Waals surface area contributed by atoms with Gasteiger partial charge in [0.25, 0.3) is 5.91 Å². The van der Waals surface area contributed by atoms with E-state index in [4.69, 9.17) is 4.74 Å². The Hall–Kier alpha value is -2.47. The summed E-state index contributed by atoms with van der Waals surface area (Å²) >= 11 is 1.28. The first-order valence-electron chi connectivity index (χ1n) is 7.05. The molecule has 2 aromatic rings. The molecular weight excluding hydrogens is 314 g/mol. The first-order valence-corrected chi connectivity index (χ1v) is 7.93. The van der Waals surface area contributed by atoms with Crippen molar-refractivity contribution in [2.24, 2.45) is 0 Å². The Bertz CT molecular complexity index is 722. The molecule has 0 aliphatic heterocycles. The van der Waals surface area contributed by atoms with Gasteiger partial charge in [0.05, 0.1) is 4.88 Å². The van der Waals surface area contributed by atoms with Crippen molar-refractivity contribution in [1.82, 2.24) is 5.32 Å². The molecule has 1 N–H and O–H groups in total. The maximum atomic E-state index is 12.0. The van der Waals surface area contributed by atoms with Crippen LogP contribution in [0.15, 0.2) is 35.7 Å². The lowest BCUT2D eigenvalue weighted by Gasteiger charge is -2.07. The van der Waals surface area contributed by atoms with Crippen LogP contribution in [0.1, 0.15) is 31.2 Å². The Labute approximate surface area is 138 Å². The van der Waals surface area contributed by atoms with Gasteiger partial charge in [-0.05, 0) is 42.5 Å². The second-order valence-electron chi connectivity index (χ2n) is 5.04. The fourth-order valence-electron chi connectivity index (χ4n) is 1.84. The molecule has 0 radical (unpaired) electrons. The number of ketones is 1. The van der Waals surface area contributed by atoms with E-state index < -0.39 is 5.97 Å². The van der Waals surface area contributed by atoms with Crippen LogP contribution in [0.4, 0.5) is 0 Å². The summed E-state index contributed by atoms with van der Waals surface area (Å²) in [5.41, 5.74) is 2.60. The van der Waals surface area contributed by atoms with Gasteiger partial charge in [0, 0.05) is 5.56 Å². The lowest BCUT2D eigenvalue weighted by molar-refractivity contribution is -0.141. The number of benzene rings is 1. The number of Topliss-reactive ketones (excluding diaryl/α,β-unsaturated/α-hetero) is 1. The summed E-state index contributed by atoms with van der Waals surface area (Å²) in [6, 6.07) is 8.74. The van der Waals surface area contributed by atoms with Gasteiger partial charge in [-0.25, -0.2) is 0 Å². The lowest BCUT2D eigenvalue weighted by Crippen LogP contribution is -2.31. The molecule has 0 saturated carbocycles. The van der Waals surface area contributed by atoms with Crippen LogP contribution >= 0.6 is 11.3 Å². The second-order valence-corrected chi connectivity index (χ2v) is 5.99. The Balaban J connectivity index is 1.78. The predicted octanol–water partition coefficient (Wildman–Crippen LogP) is 2.52. The number of carbonyl (C=O) groups excluding carboxylic acids is 3. The van der Waals surface area contributed by atoms with Crippen LogP contribution in [-0.4, -0.2) is 30.8 Å². The van der Waals surface area contributed by atoms with Gasteiger partial charge in [0.1, 0.15) is 6.54 Å². The molecular formula is C17H17NO4S. The largest absolute Gasteiger partial charge is 0.456 e. The topological polar surface area (TPSA) is 72.5 Å². The molecule has 0 bridgehead atoms. The SMILES string of the molecule is Cc1ccc(C(=O)COC(=O)CNC(=O)c2cccs2)cc1C. The van der Waals surface area contributed by atoms with Gasteiger partial charge in [-0.1, -0.05) is 18.2 Å². The molecule has 0 aliphatic carbocycles. The van der Waals surface area contributed by atoms with E-state index in [1.165, 1.54) is 11.3 Å². The Morgan fingerprint density at radius 1 is 1.13 bits per heavy atom. The summed E-state index contributed by atoms with van der Waals surface area (Å²) in [6.45, 7) is 3.27. The summed E-state index contributed by atoms with van der Waals surface area (Å²) in [5, 5.41) is 4.22. The van der Waals surface area contributed by atoms with Crippen molar-refractivity contribution in [1.29, 1.82) is 0 Å². The van der Waals surface area contributed by atoms with E-state index in [1.807, 2.05) is 19.9 Å². The summed E-state index contributed by atoms with van der Waals surface area (Å²) in [4.78, 5) is 35.7. The number of carbonyl (C=O) groups is 3. The van der Waals surface area contributed by atoms with Crippen LogP contribution in [0.3, 0.4) is 0 Å². The highest BCUT2D eigenvalue weighted by Gasteiger charge is 2.12. The molecule has 0 saturated heterocycles. The van der Waals surface area contributed by atoms with Gasteiger partial charge in [-0.2, -0.15) is 0 Å². The summed E-state index contributed by atoms with van der Waals surface area (Å²) < 4.78 is 4.90. The van der Waals surface area contributed by atoms with Gasteiger partial charge >= 0.3 is 5.97 Å². The fourth-order valence-corrected chi connectivity index (χ4v) is 2.48. The fraction of sp³-hybridized carbons (Fsp3) is 0.235. The first kappa shape index (κ1) is 16.9. The molecule has 0 aliphatic rings. The lowest BCUT2D eigenvalue weighted by atomic mass is 10.0. The van der Waals surface area contributed by atoms with Gasteiger partial charge in [0.15, 0.2) is 12.4 Å². The highest BCUT2D eigenvalue weighted by molar-refractivity contribution is 7.12. The number of hydrogen-bond acceptors (Lipinski definition) is 5. The van der Waals surface area contributed by atoms with E-state index in [2.05, 4.69) is 5.32 Å². The van der Waals surface area contributed by atoms with Crippen molar-refractivity contribution in [3.8, 4) is 0 Å². The number of esters is 1. The smallest absolute Gasteiger partial charge is 0.325 e. The van der Waals surface area contributed by atoms with Gasteiger partial charge in [-0.3, -0.25) is 14.4 Å². The second kappa shape index (κ2) is 7.69. The van der Waals surface area contributed by atoms with E-state index in [1.54, 1.807) is 29.6 Å². The van der Waals surface area contributed by atoms with Crippen LogP contribution in [0, 0.1) is 13.8 Å². The quantitative estimate of drug-likeness (QED) is 0.652. The molecule has 0 spiro atoms. The van der Waals surface area contributed by atoms with E-state index >= 15 is 0 Å². The maximum absolute atomic E-state index is 12.0. The molecule has 0 fully saturated rings. The molecule has 2 rings (SSSR count). The summed E-state index contributed by atoms with van der Waals surface area (Å²) in [7, 11) is 0. The molecule has 1 aromatic carbocycles. The molecule has 120 valence electrons. The highest BCUT2D eigenvalue weighted by atomic mass is 32.1. The van der Waals surface area contributed by atoms with Crippen LogP contribution in [0.25, 0.3) is 0 Å². The van der Waals surface area contributed by atoms with Crippen molar-refractivity contribution >= 4 is 29.0 Å². The van der Waals surface area contributed by atoms with E-state index in [0.29, 0.717) is 10.4 Å². The standard InChI is InChI=1S/C17H17NO4S/c1-11-5-6-13(8-12(11)2)14(19)10-22-16(20)9-18-17(21)15-4-3-7-23-15/h3-8H,9-10H2,1-2H3,(H,18,21). The average Bonchev–Trinajstić information content (AvgIpc) is 3.07. The average molecular weight is 331 g/mol. The number of thiophene rings is 1. The molecule has 0 unspecified atom stereocenters. The van der Waals surface area contributed by atoms with Crippen LogP contribution < -0.4 is 5.32 Å². The highest BCUT2D eigenvalue weighted by Crippen LogP contribution is 2.10. The van der Waals surface area contributed by atoms with Gasteiger partial charge in [-0.15, -0.1) is 11.3 Å². The minimum Gasteiger partial charge on any atom is -0.456 e. The van der Waals surface area contributed by atoms with Crippen molar-refractivity contribution in [3.05, 3.63) is 57.3 Å². The molecule has 1 aromatic heterocycles. The molecule has 0 atom stereocenters. The third-order valence-electron chi connectivity index (χ3n) is 3.33. The molecule has 6 heteroatoms. The first-order chi connectivity index (χ1) is 11.0. The summed E-state index contributed by atoms with van der Waals surface area (Å²) in [6.07, 6.45) is 0. The molecule has 1 amide bonds. The van der Waals surface area contributed by atoms with Crippen LogP contribution in [0.2, 0.25) is 0 Å². The Morgan fingerprint density at radius 2 is 1.91 bits per heavy atom. The van der Waals surface area contributed by atoms with Crippen LogP contribution in [0.5, 0.6) is 0 Å². The number of amides is 1. The van der Waals surface area contributed by atoms with Crippen LogP contribution in [-0.2, 0) is 9.53 Å². The Kier molecular flexibility index (Phi) is 5.65. The zero-order chi connectivity index (χ0) is 16.8. The number of rotatable bonds is 6. The van der Waals surface area contributed by atoms with E-state index in [9.17, 15) is 14.4 Å². The van der Waals surface area contributed by atoms with E-state index in [-0.39, 0.29) is 24.8 Å². The number of aryl methyl sites for hydroxylation is 2. The Morgan fingerprint density at radius 3 is 2.57 bits per heavy atom. The molecule has 23 heavy (non-hydrogen) atoms. The zero-order valence-corrected chi connectivity index (χ0v) is 13.7. The van der Waals surface area contributed by atoms with E-state index in [0.717, 1.165) is 11.1 Å². The maximum Gasteiger partial charge on any atom is 0.325 e. The molecule has 5 nitrogen and oxygen atoms in total. The predicted molar refractivity (Wildman–Crippen MR) is 87.9 cm³/mol. The number of hydrogen-bond donors (Lipinski definition) is 1. The van der Waals surface area contributed by atoms with Crippen molar-refractivity contribution in [2.45, 2.75) is 13.8 Å². The third-order valence-corrected chi connectivity index (χ3v) is 4.20. The number of nitrogens with one attached hydrogen (secondary N) is 1. The summed E-state index contributed by atoms with van der Waals surface area (Å²) in [5.74, 6) is -1.25. The van der Waals surface area contributed by atoms with Crippen molar-refractivity contribution in [3.63, 3.8) is 0 Å². The van der Waals surface area contributed by atoms with Gasteiger partial charge < -0.3 is 10.1 Å². The number of ether oxygens (including phenoxy) is 1. The minimum absolute atomic E-state index is 0.267. The van der Waals surface area contributed by atoms with Crippen molar-refractivity contribution < 1.29 is 19.1 Å². The molecule has 1 heterocycles. The zero-order valence-electron chi connectivity index (χ0n) is 12.9. The third kappa shape index (κ3) is 4.75. The van der Waals surface area contributed by atoms with Gasteiger partial charge in [0.2, 0.25) is 0 Å². The van der Waals surface area contributed by atoms with Crippen molar-refractivity contribution in [2.75, 3.05) is 13.2 Å². The minimum atomic E-state index is -0.646.